The van der Waals surface area contributed by atoms with Crippen LogP contribution in [-0.4, -0.2) is 57.3 Å². The zero-order valence-corrected chi connectivity index (χ0v) is 23.3. The van der Waals surface area contributed by atoms with Gasteiger partial charge in [0.1, 0.15) is 22.7 Å². The van der Waals surface area contributed by atoms with Crippen LogP contribution in [0.5, 0.6) is 11.5 Å². The van der Waals surface area contributed by atoms with Gasteiger partial charge in [0, 0.05) is 48.2 Å². The summed E-state index contributed by atoms with van der Waals surface area (Å²) < 4.78 is 10.1. The van der Waals surface area contributed by atoms with E-state index >= 15 is 0 Å². The molecule has 0 atom stereocenters. The summed E-state index contributed by atoms with van der Waals surface area (Å²) in [6.45, 7) is 7.95. The molecule has 0 saturated carbocycles. The van der Waals surface area contributed by atoms with E-state index in [4.69, 9.17) is 4.74 Å². The Bertz CT molecular complexity index is 1740. The maximum atomic E-state index is 13.1. The molecule has 0 aliphatic rings. The number of nitrogens with one attached hydrogen (secondary N) is 2. The maximum Gasteiger partial charge on any atom is 0.274 e. The molecule has 202 valence electrons. The van der Waals surface area contributed by atoms with Crippen LogP contribution in [0.4, 0.5) is 0 Å². The molecule has 39 heavy (non-hydrogen) atoms. The third-order valence-electron chi connectivity index (χ3n) is 6.96. The van der Waals surface area contributed by atoms with Gasteiger partial charge in [-0.25, -0.2) is 0 Å². The van der Waals surface area contributed by atoms with Gasteiger partial charge in [-0.05, 0) is 64.2 Å². The first kappa shape index (κ1) is 26.2. The summed E-state index contributed by atoms with van der Waals surface area (Å²) in [5.74, 6) is 1.18. The van der Waals surface area contributed by atoms with Gasteiger partial charge in [-0.2, -0.15) is 5.10 Å². The van der Waals surface area contributed by atoms with Gasteiger partial charge in [-0.15, -0.1) is 0 Å². The fourth-order valence-corrected chi connectivity index (χ4v) is 4.87. The molecule has 3 heterocycles. The zero-order chi connectivity index (χ0) is 27.8. The van der Waals surface area contributed by atoms with E-state index in [0.29, 0.717) is 28.9 Å². The summed E-state index contributed by atoms with van der Waals surface area (Å²) in [5.41, 5.74) is 5.09. The second-order valence-electron chi connectivity index (χ2n) is 10.2. The highest BCUT2D eigenvalue weighted by Gasteiger charge is 2.21. The fraction of sp³-hybridized carbons (Fsp3) is 0.300. The highest BCUT2D eigenvalue weighted by molar-refractivity contribution is 6.04. The molecule has 5 rings (SSSR count). The number of amides is 1. The largest absolute Gasteiger partial charge is 0.456 e. The third kappa shape index (κ3) is 4.93. The molecule has 5 aromatic rings. The van der Waals surface area contributed by atoms with Gasteiger partial charge in [0.05, 0.1) is 18.3 Å². The van der Waals surface area contributed by atoms with Crippen molar-refractivity contribution in [1.82, 2.24) is 29.5 Å². The Morgan fingerprint density at radius 2 is 1.87 bits per heavy atom. The summed E-state index contributed by atoms with van der Waals surface area (Å²) in [7, 11) is 5.78. The number of ether oxygens (including phenoxy) is 1. The van der Waals surface area contributed by atoms with E-state index in [0.717, 1.165) is 52.0 Å². The van der Waals surface area contributed by atoms with E-state index < -0.39 is 0 Å². The van der Waals surface area contributed by atoms with Gasteiger partial charge in [0.25, 0.3) is 11.5 Å². The van der Waals surface area contributed by atoms with E-state index in [9.17, 15) is 9.59 Å². The van der Waals surface area contributed by atoms with Crippen LogP contribution in [0.1, 0.15) is 28.5 Å². The number of nitrogens with zero attached hydrogens (tertiary/aromatic N) is 4. The molecule has 0 spiro atoms. The van der Waals surface area contributed by atoms with Crippen LogP contribution in [0.15, 0.2) is 53.6 Å². The number of hydrogen-bond donors (Lipinski definition) is 2. The number of pyridine rings is 1. The van der Waals surface area contributed by atoms with Crippen LogP contribution in [0.2, 0.25) is 0 Å². The van der Waals surface area contributed by atoms with E-state index in [1.807, 2.05) is 70.0 Å². The number of rotatable bonds is 8. The lowest BCUT2D eigenvalue weighted by atomic mass is 10.0. The molecule has 9 heteroatoms. The quantitative estimate of drug-likeness (QED) is 0.308. The topological polar surface area (TPSA) is 97.2 Å². The van der Waals surface area contributed by atoms with Gasteiger partial charge in [0.2, 0.25) is 0 Å². The van der Waals surface area contributed by atoms with Crippen LogP contribution in [0, 0.1) is 13.8 Å². The second-order valence-corrected chi connectivity index (χ2v) is 10.2. The minimum Gasteiger partial charge on any atom is -0.456 e. The predicted octanol–water partition coefficient (Wildman–Crippen LogP) is 4.60. The highest BCUT2D eigenvalue weighted by atomic mass is 16.5. The fourth-order valence-electron chi connectivity index (χ4n) is 4.87. The summed E-state index contributed by atoms with van der Waals surface area (Å²) in [6, 6.07) is 11.9. The average Bonchev–Trinajstić information content (AvgIpc) is 3.52. The Labute approximate surface area is 227 Å². The van der Waals surface area contributed by atoms with Crippen LogP contribution in [0.3, 0.4) is 0 Å². The van der Waals surface area contributed by atoms with E-state index in [2.05, 4.69) is 26.4 Å². The number of aromatic amines is 1. The minimum atomic E-state index is -0.258. The first-order valence-corrected chi connectivity index (χ1v) is 13.1. The number of hydrogen-bond acceptors (Lipinski definition) is 5. The molecule has 0 saturated heterocycles. The van der Waals surface area contributed by atoms with Crippen molar-refractivity contribution in [3.63, 3.8) is 0 Å². The lowest BCUT2D eigenvalue weighted by Gasteiger charge is -2.17. The molecule has 2 aromatic carbocycles. The van der Waals surface area contributed by atoms with Crippen LogP contribution < -0.4 is 15.6 Å². The van der Waals surface area contributed by atoms with Gasteiger partial charge in [-0.1, -0.05) is 18.2 Å². The van der Waals surface area contributed by atoms with Gasteiger partial charge >= 0.3 is 0 Å². The Hall–Kier alpha value is -4.37. The molecule has 0 fully saturated rings. The minimum absolute atomic E-state index is 0.210. The normalized spacial score (nSPS) is 11.6. The highest BCUT2D eigenvalue weighted by Crippen LogP contribution is 2.41. The number of carbonyl (C=O) groups excluding carboxylic acids is 1. The van der Waals surface area contributed by atoms with Gasteiger partial charge < -0.3 is 24.5 Å². The number of para-hydroxylation sites is 1. The van der Waals surface area contributed by atoms with Crippen molar-refractivity contribution in [1.29, 1.82) is 0 Å². The van der Waals surface area contributed by atoms with Crippen molar-refractivity contribution in [2.45, 2.75) is 27.3 Å². The standard InChI is InChI=1S/C30H34N6O3/c1-7-31-29(37)24-14-22-23(17-35(6)30(38)27(22)33-24)21-15-25-20(16-32-36(25)12-11-34(4)5)13-26(21)39-28-18(2)9-8-10-19(28)3/h8-10,13-17,33H,7,11-12H2,1-6H3,(H,31,37). The van der Waals surface area contributed by atoms with Crippen molar-refractivity contribution in [3.05, 3.63) is 76.0 Å². The van der Waals surface area contributed by atoms with Crippen molar-refractivity contribution in [2.75, 3.05) is 27.2 Å². The van der Waals surface area contributed by atoms with Crippen molar-refractivity contribution in [2.24, 2.45) is 7.05 Å². The van der Waals surface area contributed by atoms with E-state index in [1.54, 1.807) is 19.3 Å². The summed E-state index contributed by atoms with van der Waals surface area (Å²) in [6.07, 6.45) is 3.66. The van der Waals surface area contributed by atoms with Crippen LogP contribution in [-0.2, 0) is 13.6 Å². The molecular formula is C30H34N6O3. The Morgan fingerprint density at radius 3 is 2.56 bits per heavy atom. The average molecular weight is 527 g/mol. The zero-order valence-electron chi connectivity index (χ0n) is 23.3. The number of aromatic nitrogens is 4. The predicted molar refractivity (Wildman–Crippen MR) is 155 cm³/mol. The molecule has 0 aliphatic heterocycles. The third-order valence-corrected chi connectivity index (χ3v) is 6.96. The number of fused-ring (bicyclic) bond motifs is 2. The molecule has 2 N–H and O–H groups in total. The molecule has 3 aromatic heterocycles. The SMILES string of the molecule is CCNC(=O)c1cc2c(-c3cc4c(cnn4CCN(C)C)cc3Oc3c(C)cccc3C)cn(C)c(=O)c2[nH]1. The van der Waals surface area contributed by atoms with Crippen LogP contribution in [0.25, 0.3) is 32.9 Å². The van der Waals surface area contributed by atoms with E-state index in [1.165, 1.54) is 4.57 Å². The van der Waals surface area contributed by atoms with Crippen molar-refractivity contribution < 1.29 is 9.53 Å². The lowest BCUT2D eigenvalue weighted by Crippen LogP contribution is -2.23. The smallest absolute Gasteiger partial charge is 0.274 e. The molecular weight excluding hydrogens is 492 g/mol. The number of likely N-dealkylation sites (N-methyl/N-ethyl adjacent to an activating group) is 1. The Kier molecular flexibility index (Phi) is 7.01. The first-order valence-electron chi connectivity index (χ1n) is 13.1. The molecule has 1 amide bonds. The van der Waals surface area contributed by atoms with Gasteiger partial charge in [0.15, 0.2) is 0 Å². The Morgan fingerprint density at radius 1 is 1.13 bits per heavy atom. The summed E-state index contributed by atoms with van der Waals surface area (Å²) >= 11 is 0. The summed E-state index contributed by atoms with van der Waals surface area (Å²) in [4.78, 5) is 30.9. The second kappa shape index (κ2) is 10.4. The molecule has 9 nitrogen and oxygen atoms in total. The number of H-pyrrole nitrogens is 1. The number of aryl methyl sites for hydroxylation is 3. The van der Waals surface area contributed by atoms with Crippen molar-refractivity contribution in [3.8, 4) is 22.6 Å². The molecule has 0 aliphatic carbocycles. The van der Waals surface area contributed by atoms with Crippen molar-refractivity contribution >= 4 is 27.7 Å². The summed E-state index contributed by atoms with van der Waals surface area (Å²) in [5, 5.41) is 9.06. The first-order chi connectivity index (χ1) is 18.7. The Balaban J connectivity index is 1.77. The maximum absolute atomic E-state index is 13.1. The molecule has 0 radical (unpaired) electrons. The van der Waals surface area contributed by atoms with Gasteiger partial charge in [-0.3, -0.25) is 14.3 Å². The monoisotopic (exact) mass is 526 g/mol. The molecule has 0 unspecified atom stereocenters. The van der Waals surface area contributed by atoms with Crippen LogP contribution >= 0.6 is 0 Å². The number of carbonyl (C=O) groups is 1. The van der Waals surface area contributed by atoms with E-state index in [-0.39, 0.29) is 11.5 Å². The number of benzene rings is 2. The lowest BCUT2D eigenvalue weighted by molar-refractivity contribution is 0.0951. The molecule has 0 bridgehead atoms.